The summed E-state index contributed by atoms with van der Waals surface area (Å²) in [7, 11) is 0. The van der Waals surface area contributed by atoms with E-state index in [0.29, 0.717) is 0 Å². The standard InChI is InChI=1S/C14H9ClF3NO/c15-10-7-6-9(12(19)11(10)14(16,17)18)13(20)8-4-2-1-3-5-8/h1-7H,19H2. The number of halogens is 4. The normalized spacial score (nSPS) is 11.4. The Labute approximate surface area is 118 Å². The number of ketones is 1. The van der Waals surface area contributed by atoms with E-state index in [-0.39, 0.29) is 11.1 Å². The van der Waals surface area contributed by atoms with Gasteiger partial charge in [0.2, 0.25) is 0 Å². The van der Waals surface area contributed by atoms with Gasteiger partial charge in [0.05, 0.1) is 16.3 Å². The highest BCUT2D eigenvalue weighted by Crippen LogP contribution is 2.40. The Hall–Kier alpha value is -2.01. The van der Waals surface area contributed by atoms with Crippen LogP contribution >= 0.6 is 11.6 Å². The van der Waals surface area contributed by atoms with Gasteiger partial charge in [-0.2, -0.15) is 13.2 Å². The summed E-state index contributed by atoms with van der Waals surface area (Å²) < 4.78 is 38.6. The number of anilines is 1. The molecule has 0 radical (unpaired) electrons. The summed E-state index contributed by atoms with van der Waals surface area (Å²) in [6.07, 6.45) is -4.71. The van der Waals surface area contributed by atoms with Crippen molar-refractivity contribution in [3.05, 3.63) is 64.2 Å². The van der Waals surface area contributed by atoms with Crippen LogP contribution in [0.5, 0.6) is 0 Å². The van der Waals surface area contributed by atoms with Crippen molar-refractivity contribution in [2.24, 2.45) is 0 Å². The molecule has 0 spiro atoms. The van der Waals surface area contributed by atoms with Crippen LogP contribution in [-0.2, 0) is 6.18 Å². The lowest BCUT2D eigenvalue weighted by molar-refractivity contribution is -0.136. The highest BCUT2D eigenvalue weighted by Gasteiger charge is 2.37. The number of nitrogens with two attached hydrogens (primary N) is 1. The highest BCUT2D eigenvalue weighted by molar-refractivity contribution is 6.32. The third-order valence-electron chi connectivity index (χ3n) is 2.76. The van der Waals surface area contributed by atoms with E-state index in [1.807, 2.05) is 0 Å². The van der Waals surface area contributed by atoms with Gasteiger partial charge in [0.15, 0.2) is 5.78 Å². The minimum absolute atomic E-state index is 0.215. The fourth-order valence-electron chi connectivity index (χ4n) is 1.82. The molecule has 0 atom stereocenters. The number of carbonyl (C=O) groups is 1. The van der Waals surface area contributed by atoms with Gasteiger partial charge in [0.1, 0.15) is 0 Å². The Bertz CT molecular complexity index is 653. The quantitative estimate of drug-likeness (QED) is 0.668. The number of alkyl halides is 3. The third kappa shape index (κ3) is 2.63. The van der Waals surface area contributed by atoms with E-state index in [1.165, 1.54) is 18.2 Å². The first-order chi connectivity index (χ1) is 9.32. The van der Waals surface area contributed by atoms with Crippen LogP contribution in [0.25, 0.3) is 0 Å². The van der Waals surface area contributed by atoms with Crippen molar-refractivity contribution in [3.63, 3.8) is 0 Å². The predicted octanol–water partition coefficient (Wildman–Crippen LogP) is 4.17. The zero-order valence-electron chi connectivity index (χ0n) is 10.0. The van der Waals surface area contributed by atoms with Crippen LogP contribution < -0.4 is 5.73 Å². The summed E-state index contributed by atoms with van der Waals surface area (Å²) in [4.78, 5) is 12.2. The molecule has 0 unspecified atom stereocenters. The number of hydrogen-bond acceptors (Lipinski definition) is 2. The van der Waals surface area contributed by atoms with Crippen molar-refractivity contribution < 1.29 is 18.0 Å². The van der Waals surface area contributed by atoms with Gasteiger partial charge in [0.25, 0.3) is 0 Å². The first kappa shape index (κ1) is 14.4. The van der Waals surface area contributed by atoms with Gasteiger partial charge in [0, 0.05) is 11.1 Å². The summed E-state index contributed by atoms with van der Waals surface area (Å²) in [5, 5.41) is -0.528. The highest BCUT2D eigenvalue weighted by atomic mass is 35.5. The molecular weight excluding hydrogens is 291 g/mol. The molecule has 6 heteroatoms. The molecule has 0 aliphatic carbocycles. The Balaban J connectivity index is 2.58. The summed E-state index contributed by atoms with van der Waals surface area (Å²) in [6, 6.07) is 10.2. The van der Waals surface area contributed by atoms with E-state index in [2.05, 4.69) is 0 Å². The minimum atomic E-state index is -4.71. The number of hydrogen-bond donors (Lipinski definition) is 1. The van der Waals surface area contributed by atoms with Crippen molar-refractivity contribution >= 4 is 23.1 Å². The molecule has 2 nitrogen and oxygen atoms in total. The average Bonchev–Trinajstić information content (AvgIpc) is 2.37. The molecule has 0 heterocycles. The molecule has 2 aromatic rings. The molecule has 0 fully saturated rings. The molecule has 20 heavy (non-hydrogen) atoms. The second kappa shape index (κ2) is 5.17. The van der Waals surface area contributed by atoms with Gasteiger partial charge in [-0.05, 0) is 12.1 Å². The van der Waals surface area contributed by atoms with Crippen molar-refractivity contribution in [2.75, 3.05) is 5.73 Å². The van der Waals surface area contributed by atoms with Crippen LogP contribution in [0.4, 0.5) is 18.9 Å². The molecule has 2 rings (SSSR count). The maximum Gasteiger partial charge on any atom is 0.419 e. The van der Waals surface area contributed by atoms with Crippen LogP contribution in [0.3, 0.4) is 0 Å². The van der Waals surface area contributed by atoms with Crippen LogP contribution in [0, 0.1) is 0 Å². The van der Waals surface area contributed by atoms with Gasteiger partial charge in [-0.3, -0.25) is 4.79 Å². The molecule has 0 aliphatic heterocycles. The molecule has 0 saturated carbocycles. The molecular formula is C14H9ClF3NO. The van der Waals surface area contributed by atoms with Gasteiger partial charge in [-0.1, -0.05) is 41.9 Å². The second-order valence-electron chi connectivity index (χ2n) is 4.08. The summed E-state index contributed by atoms with van der Waals surface area (Å²) in [6.45, 7) is 0. The zero-order chi connectivity index (χ0) is 14.9. The summed E-state index contributed by atoms with van der Waals surface area (Å²) in [5.74, 6) is -0.578. The smallest absolute Gasteiger partial charge is 0.398 e. The SMILES string of the molecule is Nc1c(C(=O)c2ccccc2)ccc(Cl)c1C(F)(F)F. The Kier molecular flexibility index (Phi) is 3.72. The van der Waals surface area contributed by atoms with Gasteiger partial charge in [-0.15, -0.1) is 0 Å². The number of carbonyl (C=O) groups excluding carboxylic acids is 1. The molecule has 0 amide bonds. The fourth-order valence-corrected chi connectivity index (χ4v) is 2.10. The molecule has 0 saturated heterocycles. The summed E-state index contributed by atoms with van der Waals surface area (Å²) >= 11 is 5.53. The third-order valence-corrected chi connectivity index (χ3v) is 3.07. The first-order valence-electron chi connectivity index (χ1n) is 5.57. The largest absolute Gasteiger partial charge is 0.419 e. The minimum Gasteiger partial charge on any atom is -0.398 e. The average molecular weight is 300 g/mol. The maximum absolute atomic E-state index is 12.9. The maximum atomic E-state index is 12.9. The second-order valence-corrected chi connectivity index (χ2v) is 4.48. The molecule has 0 bridgehead atoms. The Morgan fingerprint density at radius 1 is 1.05 bits per heavy atom. The lowest BCUT2D eigenvalue weighted by Crippen LogP contribution is -2.14. The lowest BCUT2D eigenvalue weighted by Gasteiger charge is -2.14. The zero-order valence-corrected chi connectivity index (χ0v) is 10.8. The first-order valence-corrected chi connectivity index (χ1v) is 5.95. The van der Waals surface area contributed by atoms with E-state index < -0.39 is 28.2 Å². The number of benzene rings is 2. The molecule has 104 valence electrons. The van der Waals surface area contributed by atoms with Crippen LogP contribution in [0.1, 0.15) is 21.5 Å². The van der Waals surface area contributed by atoms with Crippen LogP contribution in [-0.4, -0.2) is 5.78 Å². The number of nitrogen functional groups attached to an aromatic ring is 1. The molecule has 2 N–H and O–H groups in total. The lowest BCUT2D eigenvalue weighted by atomic mass is 9.98. The monoisotopic (exact) mass is 299 g/mol. The van der Waals surface area contributed by atoms with E-state index in [9.17, 15) is 18.0 Å². The van der Waals surface area contributed by atoms with E-state index >= 15 is 0 Å². The van der Waals surface area contributed by atoms with E-state index in [1.54, 1.807) is 18.2 Å². The predicted molar refractivity (Wildman–Crippen MR) is 70.7 cm³/mol. The van der Waals surface area contributed by atoms with Crippen molar-refractivity contribution in [2.45, 2.75) is 6.18 Å². The topological polar surface area (TPSA) is 43.1 Å². The van der Waals surface area contributed by atoms with Gasteiger partial charge >= 0.3 is 6.18 Å². The van der Waals surface area contributed by atoms with Crippen LogP contribution in [0.2, 0.25) is 5.02 Å². The Morgan fingerprint density at radius 3 is 2.20 bits per heavy atom. The molecule has 0 aromatic heterocycles. The van der Waals surface area contributed by atoms with Crippen molar-refractivity contribution in [1.82, 2.24) is 0 Å². The van der Waals surface area contributed by atoms with Crippen molar-refractivity contribution in [3.8, 4) is 0 Å². The fraction of sp³-hybridized carbons (Fsp3) is 0.0714. The molecule has 2 aromatic carbocycles. The van der Waals surface area contributed by atoms with Crippen LogP contribution in [0.15, 0.2) is 42.5 Å². The Morgan fingerprint density at radius 2 is 1.65 bits per heavy atom. The van der Waals surface area contributed by atoms with Crippen molar-refractivity contribution in [1.29, 1.82) is 0 Å². The summed E-state index contributed by atoms with van der Waals surface area (Å²) in [5.41, 5.74) is 3.69. The van der Waals surface area contributed by atoms with Gasteiger partial charge < -0.3 is 5.73 Å². The number of rotatable bonds is 2. The van der Waals surface area contributed by atoms with E-state index in [4.69, 9.17) is 17.3 Å². The molecule has 0 aliphatic rings. The van der Waals surface area contributed by atoms with Gasteiger partial charge in [-0.25, -0.2) is 0 Å². The van der Waals surface area contributed by atoms with E-state index in [0.717, 1.165) is 6.07 Å².